The van der Waals surface area contributed by atoms with E-state index in [1.807, 2.05) is 36.7 Å². The summed E-state index contributed by atoms with van der Waals surface area (Å²) >= 11 is 6.05. The lowest BCUT2D eigenvalue weighted by Gasteiger charge is -2.31. The summed E-state index contributed by atoms with van der Waals surface area (Å²) in [5.74, 6) is 1.39. The summed E-state index contributed by atoms with van der Waals surface area (Å²) in [5.41, 5.74) is 7.85. The smallest absolute Gasteiger partial charge is 0.142 e. The van der Waals surface area contributed by atoms with Crippen LogP contribution in [0, 0.1) is 35.9 Å². The molecule has 0 amide bonds. The molecule has 184 valence electrons. The average Bonchev–Trinajstić information content (AvgIpc) is 3.73. The molecular weight excluding hydrogens is 467 g/mol. The number of rotatable bonds is 6. The molecule has 0 aliphatic heterocycles. The Morgan fingerprint density at radius 1 is 1.34 bits per heavy atom. The van der Waals surface area contributed by atoms with Gasteiger partial charge < -0.3 is 20.5 Å². The van der Waals surface area contributed by atoms with Gasteiger partial charge in [-0.2, -0.15) is 0 Å². The molecule has 2 aromatic heterocycles. The van der Waals surface area contributed by atoms with E-state index in [2.05, 4.69) is 9.98 Å². The SMILES string of the molecule is C/C=N\c1c(C)ccn1[C@H]1[C@H](O)[C@H](O)[C@]2(C(Cc3cc(F)c4cc(Cl)c(N)nc4c3)C3CC3)C[C@H]12. The van der Waals surface area contributed by atoms with Gasteiger partial charge in [0.15, 0.2) is 0 Å². The Morgan fingerprint density at radius 3 is 2.83 bits per heavy atom. The standard InChI is InChI=1S/C27H30ClFN4O2/c1-3-31-26-13(2)6-7-33(26)22-18-12-27(18,24(35)23(22)34)17(15-4-5-15)8-14-9-20(29)16-11-19(28)25(30)32-21(16)10-14/h3,6-7,9-11,15,17-18,22-24,34-35H,4-5,8,12H2,1-2H3,(H2,30,32)/b31-3-/t17?,18-,22-,23+,24+,27+/m1/s1. The molecule has 6 rings (SSSR count). The number of nitrogens with two attached hydrogens (primary N) is 1. The largest absolute Gasteiger partial charge is 0.390 e. The minimum Gasteiger partial charge on any atom is -0.390 e. The van der Waals surface area contributed by atoms with Crippen molar-refractivity contribution in [3.05, 3.63) is 52.4 Å². The van der Waals surface area contributed by atoms with Crippen LogP contribution in [0.15, 0.2) is 35.5 Å². The monoisotopic (exact) mass is 496 g/mol. The first kappa shape index (κ1) is 23.0. The van der Waals surface area contributed by atoms with Gasteiger partial charge in [-0.15, -0.1) is 0 Å². The fraction of sp³-hybridized carbons (Fsp3) is 0.481. The van der Waals surface area contributed by atoms with Crippen LogP contribution in [0.4, 0.5) is 16.0 Å². The molecule has 4 N–H and O–H groups in total. The first-order valence-electron chi connectivity index (χ1n) is 12.3. The molecule has 1 aromatic carbocycles. The lowest BCUT2D eigenvalue weighted by atomic mass is 9.77. The Morgan fingerprint density at radius 2 is 2.11 bits per heavy atom. The summed E-state index contributed by atoms with van der Waals surface area (Å²) in [6.45, 7) is 3.88. The van der Waals surface area contributed by atoms with Crippen LogP contribution in [0.5, 0.6) is 0 Å². The minimum atomic E-state index is -0.871. The maximum absolute atomic E-state index is 15.0. The highest BCUT2D eigenvalue weighted by Crippen LogP contribution is 2.74. The molecule has 1 unspecified atom stereocenters. The van der Waals surface area contributed by atoms with Gasteiger partial charge in [-0.3, -0.25) is 0 Å². The molecule has 35 heavy (non-hydrogen) atoms. The Labute approximate surface area is 208 Å². The van der Waals surface area contributed by atoms with Crippen LogP contribution >= 0.6 is 11.6 Å². The first-order chi connectivity index (χ1) is 16.8. The highest BCUT2D eigenvalue weighted by molar-refractivity contribution is 6.33. The third-order valence-electron chi connectivity index (χ3n) is 8.66. The molecule has 6 nitrogen and oxygen atoms in total. The fourth-order valence-electron chi connectivity index (χ4n) is 6.86. The lowest BCUT2D eigenvalue weighted by molar-refractivity contribution is -0.0351. The van der Waals surface area contributed by atoms with Crippen molar-refractivity contribution in [2.24, 2.45) is 28.2 Å². The lowest BCUT2D eigenvalue weighted by Crippen LogP contribution is -2.38. The zero-order valence-corrected chi connectivity index (χ0v) is 20.6. The van der Waals surface area contributed by atoms with Crippen molar-refractivity contribution < 1.29 is 14.6 Å². The van der Waals surface area contributed by atoms with Crippen LogP contribution in [0.25, 0.3) is 10.9 Å². The third-order valence-corrected chi connectivity index (χ3v) is 8.96. The van der Waals surface area contributed by atoms with Crippen molar-refractivity contribution in [2.75, 3.05) is 5.73 Å². The van der Waals surface area contributed by atoms with Gasteiger partial charge in [-0.05, 0) is 92.7 Å². The van der Waals surface area contributed by atoms with E-state index >= 15 is 4.39 Å². The summed E-state index contributed by atoms with van der Waals surface area (Å²) in [4.78, 5) is 8.83. The minimum absolute atomic E-state index is 0.147. The molecule has 3 fully saturated rings. The van der Waals surface area contributed by atoms with E-state index in [4.69, 9.17) is 17.3 Å². The van der Waals surface area contributed by atoms with Crippen molar-refractivity contribution in [3.8, 4) is 0 Å². The molecule has 8 heteroatoms. The molecule has 3 aromatic rings. The van der Waals surface area contributed by atoms with Gasteiger partial charge in [-0.25, -0.2) is 14.4 Å². The van der Waals surface area contributed by atoms with E-state index in [1.54, 1.807) is 12.3 Å². The Balaban J connectivity index is 1.35. The van der Waals surface area contributed by atoms with Gasteiger partial charge in [0.05, 0.1) is 22.7 Å². The Bertz CT molecular complexity index is 1350. The number of aliphatic imine (C=N–C) groups is 1. The number of aliphatic hydroxyl groups is 2. The van der Waals surface area contributed by atoms with Gasteiger partial charge >= 0.3 is 0 Å². The second-order valence-corrected chi connectivity index (χ2v) is 11.0. The molecule has 3 saturated carbocycles. The molecule has 3 aliphatic rings. The summed E-state index contributed by atoms with van der Waals surface area (Å²) < 4.78 is 17.0. The van der Waals surface area contributed by atoms with Crippen LogP contribution in [0.2, 0.25) is 5.02 Å². The summed E-state index contributed by atoms with van der Waals surface area (Å²) in [5, 5.41) is 23.2. The molecule has 2 heterocycles. The van der Waals surface area contributed by atoms with Crippen LogP contribution in [-0.2, 0) is 6.42 Å². The van der Waals surface area contributed by atoms with Crippen molar-refractivity contribution >= 4 is 40.4 Å². The van der Waals surface area contributed by atoms with Crippen LogP contribution in [0.3, 0.4) is 0 Å². The van der Waals surface area contributed by atoms with Crippen molar-refractivity contribution in [1.29, 1.82) is 0 Å². The number of benzene rings is 1. The number of nitrogen functional groups attached to an aromatic ring is 1. The third kappa shape index (κ3) is 3.43. The number of aromatic nitrogens is 2. The number of anilines is 1. The average molecular weight is 497 g/mol. The number of halogens is 2. The number of hydrogen-bond donors (Lipinski definition) is 3. The van der Waals surface area contributed by atoms with Crippen LogP contribution in [0.1, 0.15) is 43.4 Å². The number of aliphatic hydroxyl groups excluding tert-OH is 2. The van der Waals surface area contributed by atoms with Crippen molar-refractivity contribution in [3.63, 3.8) is 0 Å². The molecule has 0 radical (unpaired) electrons. The number of fused-ring (bicyclic) bond motifs is 2. The van der Waals surface area contributed by atoms with Crippen molar-refractivity contribution in [1.82, 2.24) is 9.55 Å². The van der Waals surface area contributed by atoms with E-state index in [9.17, 15) is 10.2 Å². The zero-order valence-electron chi connectivity index (χ0n) is 19.8. The summed E-state index contributed by atoms with van der Waals surface area (Å²) in [7, 11) is 0. The van der Waals surface area contributed by atoms with E-state index in [0.717, 1.165) is 36.2 Å². The van der Waals surface area contributed by atoms with E-state index < -0.39 is 12.2 Å². The van der Waals surface area contributed by atoms with E-state index in [1.165, 1.54) is 6.07 Å². The Kier molecular flexibility index (Phi) is 5.26. The molecule has 0 saturated heterocycles. The normalized spacial score (nSPS) is 30.8. The number of pyridine rings is 1. The highest BCUT2D eigenvalue weighted by Gasteiger charge is 2.75. The molecular formula is C27H30ClFN4O2. The van der Waals surface area contributed by atoms with E-state index in [-0.39, 0.29) is 40.0 Å². The van der Waals surface area contributed by atoms with E-state index in [0.29, 0.717) is 23.2 Å². The number of nitrogens with zero attached hydrogens (tertiary/aromatic N) is 3. The van der Waals surface area contributed by atoms with Gasteiger partial charge in [0.2, 0.25) is 0 Å². The topological polar surface area (TPSA) is 96.7 Å². The number of aryl methyl sites for hydroxylation is 1. The van der Waals surface area contributed by atoms with Crippen molar-refractivity contribution in [2.45, 2.75) is 57.8 Å². The second-order valence-electron chi connectivity index (χ2n) is 10.6. The van der Waals surface area contributed by atoms with Crippen LogP contribution < -0.4 is 5.73 Å². The summed E-state index contributed by atoms with van der Waals surface area (Å²) in [6.07, 6.45) is 5.69. The Hall–Kier alpha value is -2.48. The van der Waals surface area contributed by atoms with Gasteiger partial charge in [-0.1, -0.05) is 11.6 Å². The quantitative estimate of drug-likeness (QED) is 0.419. The predicted molar refractivity (Wildman–Crippen MR) is 136 cm³/mol. The molecule has 6 atom stereocenters. The fourth-order valence-corrected chi connectivity index (χ4v) is 7.01. The highest BCUT2D eigenvalue weighted by atomic mass is 35.5. The second kappa shape index (κ2) is 8.02. The number of hydrogen-bond acceptors (Lipinski definition) is 5. The molecule has 0 spiro atoms. The van der Waals surface area contributed by atoms with Crippen LogP contribution in [-0.4, -0.2) is 38.2 Å². The zero-order chi connectivity index (χ0) is 24.6. The maximum atomic E-state index is 15.0. The maximum Gasteiger partial charge on any atom is 0.142 e. The molecule has 3 aliphatic carbocycles. The molecule has 0 bridgehead atoms. The van der Waals surface area contributed by atoms with Gasteiger partial charge in [0.1, 0.15) is 23.6 Å². The summed E-state index contributed by atoms with van der Waals surface area (Å²) in [6, 6.07) is 6.73. The predicted octanol–water partition coefficient (Wildman–Crippen LogP) is 4.99. The first-order valence-corrected chi connectivity index (χ1v) is 12.7. The van der Waals surface area contributed by atoms with Gasteiger partial charge in [0, 0.05) is 23.2 Å². The van der Waals surface area contributed by atoms with Gasteiger partial charge in [0.25, 0.3) is 0 Å².